The molecule has 0 amide bonds. The monoisotopic (exact) mass is 208 g/mol. The van der Waals surface area contributed by atoms with Crippen molar-refractivity contribution in [1.29, 1.82) is 0 Å². The van der Waals surface area contributed by atoms with Crippen molar-refractivity contribution >= 4 is 10.8 Å². The molecule has 0 aromatic heterocycles. The summed E-state index contributed by atoms with van der Waals surface area (Å²) in [5, 5.41) is 2.57. The molecule has 2 aromatic rings. The average Bonchev–Trinajstić information content (AvgIpc) is 2.28. The average molecular weight is 208 g/mol. The van der Waals surface area contributed by atoms with E-state index in [-0.39, 0.29) is 5.41 Å². The number of hydrogen-bond acceptors (Lipinski definition) is 0. The second-order valence-corrected chi connectivity index (χ2v) is 4.89. The molecule has 0 saturated carbocycles. The first-order valence-corrected chi connectivity index (χ1v) is 5.56. The summed E-state index contributed by atoms with van der Waals surface area (Å²) in [4.78, 5) is 0. The first kappa shape index (κ1) is 10.8. The van der Waals surface area contributed by atoms with E-state index < -0.39 is 0 Å². The summed E-state index contributed by atoms with van der Waals surface area (Å²) in [5.41, 5.74) is 1.24. The van der Waals surface area contributed by atoms with Gasteiger partial charge in [0.2, 0.25) is 0 Å². The molecule has 0 aliphatic rings. The molecular weight excluding hydrogens is 192 g/mol. The van der Waals surface area contributed by atoms with Crippen LogP contribution in [0.25, 0.3) is 10.8 Å². The fourth-order valence-electron chi connectivity index (χ4n) is 1.91. The highest BCUT2D eigenvalue weighted by atomic mass is 14.2. The van der Waals surface area contributed by atoms with Crippen molar-refractivity contribution in [3.63, 3.8) is 0 Å². The molecule has 0 unspecified atom stereocenters. The molecule has 2 rings (SSSR count). The van der Waals surface area contributed by atoms with Crippen LogP contribution in [-0.2, 0) is 6.42 Å². The normalized spacial score (nSPS) is 11.3. The summed E-state index contributed by atoms with van der Waals surface area (Å²) >= 11 is 0. The van der Waals surface area contributed by atoms with E-state index in [0.717, 1.165) is 6.42 Å². The lowest BCUT2D eigenvalue weighted by Gasteiger charge is -2.17. The van der Waals surface area contributed by atoms with Crippen molar-refractivity contribution in [2.45, 2.75) is 20.3 Å². The number of hydrogen-bond donors (Lipinski definition) is 0. The minimum Gasteiger partial charge on any atom is -0.120 e. The molecule has 0 aliphatic carbocycles. The third kappa shape index (κ3) is 2.25. The Morgan fingerprint density at radius 2 is 1.75 bits per heavy atom. The fourth-order valence-corrected chi connectivity index (χ4v) is 1.91. The highest BCUT2D eigenvalue weighted by Gasteiger charge is 2.14. The maximum atomic E-state index is 5.52. The number of fused-ring (bicyclic) bond motifs is 1. The van der Waals surface area contributed by atoms with Gasteiger partial charge in [0, 0.05) is 5.41 Å². The van der Waals surface area contributed by atoms with E-state index in [1.165, 1.54) is 16.3 Å². The SMILES string of the molecule is C#CC(C)(C)Cc1ccc2ccccc2c1. The van der Waals surface area contributed by atoms with E-state index in [2.05, 4.69) is 62.2 Å². The molecule has 0 spiro atoms. The van der Waals surface area contributed by atoms with Crippen molar-refractivity contribution in [2.75, 3.05) is 0 Å². The molecule has 0 heteroatoms. The summed E-state index contributed by atoms with van der Waals surface area (Å²) < 4.78 is 0. The zero-order chi connectivity index (χ0) is 11.6. The van der Waals surface area contributed by atoms with Gasteiger partial charge in [0.1, 0.15) is 0 Å². The summed E-state index contributed by atoms with van der Waals surface area (Å²) in [6.45, 7) is 4.20. The first-order chi connectivity index (χ1) is 7.61. The maximum absolute atomic E-state index is 5.52. The highest BCUT2D eigenvalue weighted by molar-refractivity contribution is 5.83. The zero-order valence-corrected chi connectivity index (χ0v) is 9.83. The molecular formula is C16H16. The molecule has 0 aliphatic heterocycles. The van der Waals surface area contributed by atoms with Gasteiger partial charge in [-0.3, -0.25) is 0 Å². The molecule has 0 atom stereocenters. The molecule has 0 fully saturated rings. The molecule has 0 bridgehead atoms. The van der Waals surface area contributed by atoms with Gasteiger partial charge >= 0.3 is 0 Å². The predicted molar refractivity (Wildman–Crippen MR) is 70.3 cm³/mol. The Balaban J connectivity index is 2.37. The van der Waals surface area contributed by atoms with Crippen LogP contribution >= 0.6 is 0 Å². The van der Waals surface area contributed by atoms with Gasteiger partial charge in [-0.25, -0.2) is 0 Å². The standard InChI is InChI=1S/C16H16/c1-4-16(2,3)12-13-9-10-14-7-5-6-8-15(14)11-13/h1,5-11H,12H2,2-3H3. The minimum atomic E-state index is -0.0670. The Hall–Kier alpha value is -1.74. The van der Waals surface area contributed by atoms with Crippen molar-refractivity contribution in [2.24, 2.45) is 5.41 Å². The molecule has 0 radical (unpaired) electrons. The van der Waals surface area contributed by atoms with E-state index in [1.807, 2.05) is 0 Å². The van der Waals surface area contributed by atoms with Gasteiger partial charge in [0.25, 0.3) is 0 Å². The first-order valence-electron chi connectivity index (χ1n) is 5.56. The second-order valence-electron chi connectivity index (χ2n) is 4.89. The second kappa shape index (κ2) is 4.02. The van der Waals surface area contributed by atoms with Crippen LogP contribution in [0.1, 0.15) is 19.4 Å². The molecule has 16 heavy (non-hydrogen) atoms. The van der Waals surface area contributed by atoms with Crippen molar-refractivity contribution in [3.05, 3.63) is 48.0 Å². The van der Waals surface area contributed by atoms with Gasteiger partial charge in [-0.1, -0.05) is 42.5 Å². The van der Waals surface area contributed by atoms with Gasteiger partial charge in [-0.2, -0.15) is 0 Å². The van der Waals surface area contributed by atoms with Crippen LogP contribution in [0.3, 0.4) is 0 Å². The Kier molecular flexibility index (Phi) is 2.71. The Bertz CT molecular complexity index is 541. The molecule has 80 valence electrons. The van der Waals surface area contributed by atoms with Gasteiger partial charge in [0.05, 0.1) is 0 Å². The van der Waals surface area contributed by atoms with Crippen LogP contribution in [0, 0.1) is 17.8 Å². The molecule has 0 nitrogen and oxygen atoms in total. The zero-order valence-electron chi connectivity index (χ0n) is 9.83. The predicted octanol–water partition coefficient (Wildman–Crippen LogP) is 4.04. The van der Waals surface area contributed by atoms with Gasteiger partial charge in [-0.15, -0.1) is 12.3 Å². The number of rotatable bonds is 2. The van der Waals surface area contributed by atoms with Crippen LogP contribution in [0.15, 0.2) is 42.5 Å². The van der Waals surface area contributed by atoms with E-state index in [1.54, 1.807) is 0 Å². The molecule has 0 heterocycles. The Morgan fingerprint density at radius 1 is 1.06 bits per heavy atom. The Morgan fingerprint density at radius 3 is 2.44 bits per heavy atom. The fraction of sp³-hybridized carbons (Fsp3) is 0.250. The van der Waals surface area contributed by atoms with Crippen molar-refractivity contribution in [3.8, 4) is 12.3 Å². The topological polar surface area (TPSA) is 0 Å². The van der Waals surface area contributed by atoms with E-state index in [4.69, 9.17) is 6.42 Å². The lowest BCUT2D eigenvalue weighted by molar-refractivity contribution is 0.502. The van der Waals surface area contributed by atoms with E-state index >= 15 is 0 Å². The minimum absolute atomic E-state index is 0.0670. The highest BCUT2D eigenvalue weighted by Crippen LogP contribution is 2.23. The summed E-state index contributed by atoms with van der Waals surface area (Å²) in [7, 11) is 0. The van der Waals surface area contributed by atoms with Crippen LogP contribution in [0.4, 0.5) is 0 Å². The number of terminal acetylenes is 1. The van der Waals surface area contributed by atoms with Crippen molar-refractivity contribution in [1.82, 2.24) is 0 Å². The van der Waals surface area contributed by atoms with E-state index in [0.29, 0.717) is 0 Å². The molecule has 0 saturated heterocycles. The van der Waals surface area contributed by atoms with Gasteiger partial charge in [0.15, 0.2) is 0 Å². The number of benzene rings is 2. The molecule has 2 aromatic carbocycles. The maximum Gasteiger partial charge on any atom is 0.0296 e. The third-order valence-electron chi connectivity index (χ3n) is 2.85. The Labute approximate surface area is 97.3 Å². The van der Waals surface area contributed by atoms with Crippen LogP contribution < -0.4 is 0 Å². The smallest absolute Gasteiger partial charge is 0.0296 e. The van der Waals surface area contributed by atoms with Crippen LogP contribution in [-0.4, -0.2) is 0 Å². The third-order valence-corrected chi connectivity index (χ3v) is 2.85. The van der Waals surface area contributed by atoms with Gasteiger partial charge in [-0.05, 0) is 36.6 Å². The summed E-state index contributed by atoms with van der Waals surface area (Å²) in [5.74, 6) is 2.84. The lowest BCUT2D eigenvalue weighted by atomic mass is 9.86. The van der Waals surface area contributed by atoms with Gasteiger partial charge < -0.3 is 0 Å². The van der Waals surface area contributed by atoms with Crippen molar-refractivity contribution < 1.29 is 0 Å². The summed E-state index contributed by atoms with van der Waals surface area (Å²) in [6.07, 6.45) is 6.44. The van der Waals surface area contributed by atoms with Crippen LogP contribution in [0.5, 0.6) is 0 Å². The van der Waals surface area contributed by atoms with E-state index in [9.17, 15) is 0 Å². The van der Waals surface area contributed by atoms with Crippen LogP contribution in [0.2, 0.25) is 0 Å². The summed E-state index contributed by atoms with van der Waals surface area (Å²) in [6, 6.07) is 15.0. The quantitative estimate of drug-likeness (QED) is 0.653. The largest absolute Gasteiger partial charge is 0.120 e. The molecule has 0 N–H and O–H groups in total. The lowest BCUT2D eigenvalue weighted by Crippen LogP contribution is -2.11.